The van der Waals surface area contributed by atoms with E-state index in [1.807, 2.05) is 13.1 Å². The van der Waals surface area contributed by atoms with Crippen molar-refractivity contribution in [2.75, 3.05) is 37.4 Å². The molecular weight excluding hydrogens is 230 g/mol. The minimum absolute atomic E-state index is 0.0930. The molecule has 0 bridgehead atoms. The highest BCUT2D eigenvalue weighted by atomic mass is 16.5. The predicted octanol–water partition coefficient (Wildman–Crippen LogP) is 0.318. The number of anilines is 2. The third kappa shape index (κ3) is 2.13. The Bertz CT molecular complexity index is 426. The zero-order valence-corrected chi connectivity index (χ0v) is 10.6. The molecule has 3 N–H and O–H groups in total. The standard InChI is InChI=1S/C12H19N5O/c1-14-8-6-17(7-8)11-5-9(15-12(13)16-11)10-3-2-4-18-10/h5,8,10,14H,2-4,6-7H2,1H3,(H2,13,15,16)/t10-/m0/s1. The molecule has 2 aliphatic rings. The molecule has 2 fully saturated rings. The Kier molecular flexibility index (Phi) is 3.05. The minimum atomic E-state index is 0.0930. The van der Waals surface area contributed by atoms with Gasteiger partial charge in [-0.15, -0.1) is 0 Å². The van der Waals surface area contributed by atoms with Crippen molar-refractivity contribution < 1.29 is 4.74 Å². The molecule has 0 saturated carbocycles. The molecule has 98 valence electrons. The minimum Gasteiger partial charge on any atom is -0.372 e. The molecule has 1 atom stereocenters. The van der Waals surface area contributed by atoms with Crippen LogP contribution in [0.15, 0.2) is 6.07 Å². The average Bonchev–Trinajstić information content (AvgIpc) is 2.80. The fourth-order valence-corrected chi connectivity index (χ4v) is 2.46. The Hall–Kier alpha value is -1.40. The lowest BCUT2D eigenvalue weighted by molar-refractivity contribution is 0.108. The van der Waals surface area contributed by atoms with E-state index in [-0.39, 0.29) is 6.10 Å². The van der Waals surface area contributed by atoms with Gasteiger partial charge in [-0.25, -0.2) is 4.98 Å². The van der Waals surface area contributed by atoms with Crippen LogP contribution in [0.1, 0.15) is 24.6 Å². The monoisotopic (exact) mass is 249 g/mol. The molecule has 1 aromatic rings. The number of nitrogens with one attached hydrogen (secondary N) is 1. The smallest absolute Gasteiger partial charge is 0.222 e. The maximum Gasteiger partial charge on any atom is 0.222 e. The molecule has 3 heterocycles. The van der Waals surface area contributed by atoms with Crippen LogP contribution in [0.5, 0.6) is 0 Å². The molecule has 2 saturated heterocycles. The number of ether oxygens (including phenoxy) is 1. The lowest BCUT2D eigenvalue weighted by Gasteiger charge is -2.40. The summed E-state index contributed by atoms with van der Waals surface area (Å²) in [6, 6.07) is 2.56. The highest BCUT2D eigenvalue weighted by Crippen LogP contribution is 2.30. The zero-order chi connectivity index (χ0) is 12.5. The molecule has 0 spiro atoms. The van der Waals surface area contributed by atoms with Crippen LogP contribution in [0, 0.1) is 0 Å². The van der Waals surface area contributed by atoms with Crippen LogP contribution in [-0.2, 0) is 4.74 Å². The maximum atomic E-state index is 5.79. The second kappa shape index (κ2) is 4.70. The molecule has 0 amide bonds. The summed E-state index contributed by atoms with van der Waals surface area (Å²) in [5, 5.41) is 3.24. The van der Waals surface area contributed by atoms with Gasteiger partial charge in [-0.2, -0.15) is 4.98 Å². The fraction of sp³-hybridized carbons (Fsp3) is 0.667. The zero-order valence-electron chi connectivity index (χ0n) is 10.6. The number of nitrogen functional groups attached to an aromatic ring is 1. The first kappa shape index (κ1) is 11.7. The largest absolute Gasteiger partial charge is 0.372 e. The Morgan fingerprint density at radius 2 is 2.28 bits per heavy atom. The summed E-state index contributed by atoms with van der Waals surface area (Å²) in [5.41, 5.74) is 6.71. The number of nitrogens with zero attached hydrogens (tertiary/aromatic N) is 3. The van der Waals surface area contributed by atoms with E-state index in [2.05, 4.69) is 20.2 Å². The van der Waals surface area contributed by atoms with Crippen molar-refractivity contribution in [2.24, 2.45) is 0 Å². The van der Waals surface area contributed by atoms with E-state index < -0.39 is 0 Å². The number of nitrogens with two attached hydrogens (primary N) is 1. The van der Waals surface area contributed by atoms with Gasteiger partial charge in [0.05, 0.1) is 11.8 Å². The second-order valence-electron chi connectivity index (χ2n) is 4.90. The SMILES string of the molecule is CNC1CN(c2cc([C@@H]3CCCO3)nc(N)n2)C1. The van der Waals surface area contributed by atoms with Gasteiger partial charge in [0.15, 0.2) is 0 Å². The molecule has 3 rings (SSSR count). The predicted molar refractivity (Wildman–Crippen MR) is 69.4 cm³/mol. The van der Waals surface area contributed by atoms with Crippen molar-refractivity contribution in [1.82, 2.24) is 15.3 Å². The van der Waals surface area contributed by atoms with Crippen molar-refractivity contribution in [2.45, 2.75) is 25.0 Å². The summed E-state index contributed by atoms with van der Waals surface area (Å²) in [4.78, 5) is 10.8. The Morgan fingerprint density at radius 1 is 1.44 bits per heavy atom. The number of likely N-dealkylation sites (N-methyl/N-ethyl adjacent to an activating group) is 1. The van der Waals surface area contributed by atoms with E-state index in [1.54, 1.807) is 0 Å². The lowest BCUT2D eigenvalue weighted by atomic mass is 10.1. The fourth-order valence-electron chi connectivity index (χ4n) is 2.46. The van der Waals surface area contributed by atoms with Gasteiger partial charge in [0.2, 0.25) is 5.95 Å². The van der Waals surface area contributed by atoms with Gasteiger partial charge in [0.1, 0.15) is 5.82 Å². The van der Waals surface area contributed by atoms with Crippen molar-refractivity contribution in [3.8, 4) is 0 Å². The topological polar surface area (TPSA) is 76.3 Å². The number of rotatable bonds is 3. The molecule has 6 nitrogen and oxygen atoms in total. The van der Waals surface area contributed by atoms with Gasteiger partial charge in [-0.05, 0) is 19.9 Å². The summed E-state index contributed by atoms with van der Waals surface area (Å²) in [7, 11) is 1.98. The van der Waals surface area contributed by atoms with Gasteiger partial charge in [-0.1, -0.05) is 0 Å². The van der Waals surface area contributed by atoms with Crippen molar-refractivity contribution >= 4 is 11.8 Å². The molecule has 0 aliphatic carbocycles. The lowest BCUT2D eigenvalue weighted by Crippen LogP contribution is -2.57. The summed E-state index contributed by atoms with van der Waals surface area (Å²) in [6.45, 7) is 2.76. The Balaban J connectivity index is 1.78. The van der Waals surface area contributed by atoms with E-state index in [0.717, 1.165) is 44.0 Å². The van der Waals surface area contributed by atoms with Gasteiger partial charge in [-0.3, -0.25) is 0 Å². The number of aromatic nitrogens is 2. The van der Waals surface area contributed by atoms with E-state index >= 15 is 0 Å². The van der Waals surface area contributed by atoms with E-state index in [1.165, 1.54) is 0 Å². The molecule has 18 heavy (non-hydrogen) atoms. The summed E-state index contributed by atoms with van der Waals surface area (Å²) in [6.07, 6.45) is 2.21. The summed E-state index contributed by atoms with van der Waals surface area (Å²) < 4.78 is 5.65. The molecule has 0 unspecified atom stereocenters. The second-order valence-corrected chi connectivity index (χ2v) is 4.90. The number of hydrogen-bond donors (Lipinski definition) is 2. The summed E-state index contributed by atoms with van der Waals surface area (Å²) >= 11 is 0. The Morgan fingerprint density at radius 3 is 2.94 bits per heavy atom. The highest BCUT2D eigenvalue weighted by Gasteiger charge is 2.28. The molecule has 2 aliphatic heterocycles. The first-order valence-corrected chi connectivity index (χ1v) is 6.44. The first-order valence-electron chi connectivity index (χ1n) is 6.44. The average molecular weight is 249 g/mol. The van der Waals surface area contributed by atoms with Crippen LogP contribution >= 0.6 is 0 Å². The molecule has 1 aromatic heterocycles. The Labute approximate surface area is 107 Å². The van der Waals surface area contributed by atoms with Crippen LogP contribution in [-0.4, -0.2) is 42.8 Å². The summed E-state index contributed by atoms with van der Waals surface area (Å²) in [5.74, 6) is 1.26. The van der Waals surface area contributed by atoms with Crippen LogP contribution in [0.2, 0.25) is 0 Å². The van der Waals surface area contributed by atoms with Crippen LogP contribution in [0.3, 0.4) is 0 Å². The van der Waals surface area contributed by atoms with Crippen LogP contribution < -0.4 is 16.0 Å². The quantitative estimate of drug-likeness (QED) is 0.803. The van der Waals surface area contributed by atoms with Gasteiger partial charge in [0, 0.05) is 31.8 Å². The highest BCUT2D eigenvalue weighted by molar-refractivity contribution is 5.47. The van der Waals surface area contributed by atoms with Crippen molar-refractivity contribution in [1.29, 1.82) is 0 Å². The van der Waals surface area contributed by atoms with Gasteiger partial charge in [0.25, 0.3) is 0 Å². The van der Waals surface area contributed by atoms with E-state index in [0.29, 0.717) is 12.0 Å². The third-order valence-corrected chi connectivity index (χ3v) is 3.62. The van der Waals surface area contributed by atoms with Gasteiger partial charge >= 0.3 is 0 Å². The maximum absolute atomic E-state index is 5.79. The van der Waals surface area contributed by atoms with E-state index in [9.17, 15) is 0 Å². The van der Waals surface area contributed by atoms with Gasteiger partial charge < -0.3 is 20.7 Å². The normalized spacial score (nSPS) is 24.3. The molecule has 6 heteroatoms. The molecular formula is C12H19N5O. The van der Waals surface area contributed by atoms with Crippen LogP contribution in [0.25, 0.3) is 0 Å². The van der Waals surface area contributed by atoms with Crippen molar-refractivity contribution in [3.63, 3.8) is 0 Å². The molecule has 0 aromatic carbocycles. The van der Waals surface area contributed by atoms with Crippen LogP contribution in [0.4, 0.5) is 11.8 Å². The molecule has 0 radical (unpaired) electrons. The number of hydrogen-bond acceptors (Lipinski definition) is 6. The van der Waals surface area contributed by atoms with E-state index in [4.69, 9.17) is 10.5 Å². The third-order valence-electron chi connectivity index (χ3n) is 3.62. The van der Waals surface area contributed by atoms with Crippen molar-refractivity contribution in [3.05, 3.63) is 11.8 Å². The first-order chi connectivity index (χ1) is 8.76.